The van der Waals surface area contributed by atoms with Gasteiger partial charge in [0.05, 0.1) is 48.0 Å². The van der Waals surface area contributed by atoms with Crippen LogP contribution in [0.5, 0.6) is 0 Å². The third-order valence-electron chi connectivity index (χ3n) is 5.27. The summed E-state index contributed by atoms with van der Waals surface area (Å²) in [7, 11) is 0. The molecule has 2 aromatic rings. The number of anilines is 2. The largest absolute Gasteiger partial charge is 0.418 e. The maximum atomic E-state index is 13.3. The number of azo groups is 1. The summed E-state index contributed by atoms with van der Waals surface area (Å²) in [6.07, 6.45) is -2.73. The number of aromatic nitrogens is 1. The first-order chi connectivity index (χ1) is 17.0. The van der Waals surface area contributed by atoms with Gasteiger partial charge in [0.1, 0.15) is 17.1 Å². The van der Waals surface area contributed by atoms with Crippen molar-refractivity contribution in [3.05, 3.63) is 65.6 Å². The van der Waals surface area contributed by atoms with Crippen LogP contribution in [0.2, 0.25) is 0 Å². The maximum Gasteiger partial charge on any atom is 0.418 e. The molecule has 10 nitrogen and oxygen atoms in total. The molecule has 2 heterocycles. The van der Waals surface area contributed by atoms with E-state index in [1.165, 1.54) is 18.3 Å². The zero-order valence-electron chi connectivity index (χ0n) is 18.4. The van der Waals surface area contributed by atoms with Gasteiger partial charge in [0.2, 0.25) is 5.91 Å². The van der Waals surface area contributed by atoms with Crippen LogP contribution >= 0.6 is 0 Å². The van der Waals surface area contributed by atoms with Gasteiger partial charge < -0.3 is 20.7 Å². The fourth-order valence-corrected chi connectivity index (χ4v) is 3.28. The molecule has 1 aromatic heterocycles. The van der Waals surface area contributed by atoms with Crippen molar-refractivity contribution in [2.24, 2.45) is 10.2 Å². The van der Waals surface area contributed by atoms with Crippen LogP contribution in [-0.4, -0.2) is 28.4 Å². The molecule has 4 rings (SSSR count). The number of benzene rings is 1. The van der Waals surface area contributed by atoms with Gasteiger partial charge in [-0.05, 0) is 43.2 Å². The Morgan fingerprint density at radius 3 is 2.56 bits per heavy atom. The standard InChI is InChI=1S/C22H18F4N6O4/c23-12-1-4-17(16(7-12)22(24,25)26)30-14-3-2-13(27-10-14)9-28-19(34)21(5-6-21)31-20(35)36-15-8-18(33)32-29-11-15/h1-4,7,10-11,30H,5-6,8-9H2,(H,28,34)(H,31,35). The topological polar surface area (TPSA) is 134 Å². The quantitative estimate of drug-likeness (QED) is 0.485. The number of halogens is 4. The molecule has 36 heavy (non-hydrogen) atoms. The maximum absolute atomic E-state index is 13.3. The zero-order valence-corrected chi connectivity index (χ0v) is 18.4. The third kappa shape index (κ3) is 6.00. The minimum absolute atomic E-state index is 0.00426. The Balaban J connectivity index is 1.31. The predicted molar refractivity (Wildman–Crippen MR) is 115 cm³/mol. The van der Waals surface area contributed by atoms with Crippen LogP contribution in [0.1, 0.15) is 30.5 Å². The molecule has 14 heteroatoms. The molecule has 0 bridgehead atoms. The van der Waals surface area contributed by atoms with E-state index in [1.807, 2.05) is 0 Å². The normalized spacial score (nSPS) is 16.1. The number of ether oxygens (including phenoxy) is 1. The van der Waals surface area contributed by atoms with E-state index >= 15 is 0 Å². The van der Waals surface area contributed by atoms with Gasteiger partial charge in [0.25, 0.3) is 5.91 Å². The van der Waals surface area contributed by atoms with Crippen molar-refractivity contribution in [3.63, 3.8) is 0 Å². The van der Waals surface area contributed by atoms with E-state index < -0.39 is 41.0 Å². The second-order valence-corrected chi connectivity index (χ2v) is 8.01. The molecule has 1 fully saturated rings. The number of nitrogens with zero attached hydrogens (tertiary/aromatic N) is 3. The van der Waals surface area contributed by atoms with Crippen molar-refractivity contribution < 1.29 is 36.7 Å². The van der Waals surface area contributed by atoms with Gasteiger partial charge in [-0.2, -0.15) is 18.3 Å². The van der Waals surface area contributed by atoms with Crippen molar-refractivity contribution >= 4 is 29.3 Å². The second-order valence-electron chi connectivity index (χ2n) is 8.01. The first-order valence-corrected chi connectivity index (χ1v) is 10.5. The monoisotopic (exact) mass is 506 g/mol. The average molecular weight is 506 g/mol. The Labute approximate surface area is 200 Å². The van der Waals surface area contributed by atoms with Gasteiger partial charge in [0.15, 0.2) is 0 Å². The summed E-state index contributed by atoms with van der Waals surface area (Å²) in [5.41, 5.74) is -2.03. The van der Waals surface area contributed by atoms with E-state index in [1.54, 1.807) is 0 Å². The number of nitrogens with one attached hydrogen (secondary N) is 3. The fraction of sp³-hybridized carbons (Fsp3) is 0.273. The van der Waals surface area contributed by atoms with Crippen molar-refractivity contribution in [1.82, 2.24) is 15.6 Å². The molecular formula is C22H18F4N6O4. The first-order valence-electron chi connectivity index (χ1n) is 10.5. The number of hydrogen-bond donors (Lipinski definition) is 3. The molecule has 0 unspecified atom stereocenters. The molecule has 188 valence electrons. The summed E-state index contributed by atoms with van der Waals surface area (Å²) in [5, 5.41) is 14.3. The fourth-order valence-electron chi connectivity index (χ4n) is 3.28. The zero-order chi connectivity index (χ0) is 25.9. The predicted octanol–water partition coefficient (Wildman–Crippen LogP) is 4.08. The summed E-state index contributed by atoms with van der Waals surface area (Å²) >= 11 is 0. The smallest absolute Gasteiger partial charge is 0.413 e. The first kappa shape index (κ1) is 24.8. The van der Waals surface area contributed by atoms with Gasteiger partial charge in [-0.1, -0.05) is 0 Å². The summed E-state index contributed by atoms with van der Waals surface area (Å²) in [6, 6.07) is 5.22. The van der Waals surface area contributed by atoms with Crippen molar-refractivity contribution in [3.8, 4) is 0 Å². The summed E-state index contributed by atoms with van der Waals surface area (Å²) in [4.78, 5) is 40.0. The van der Waals surface area contributed by atoms with E-state index in [9.17, 15) is 31.9 Å². The second kappa shape index (κ2) is 9.71. The lowest BCUT2D eigenvalue weighted by molar-refractivity contribution is -0.137. The average Bonchev–Trinajstić information content (AvgIpc) is 3.59. The molecular weight excluding hydrogens is 488 g/mol. The molecule has 3 N–H and O–H groups in total. The number of rotatable bonds is 7. The number of alkyl halides is 3. The van der Waals surface area contributed by atoms with Gasteiger partial charge in [-0.3, -0.25) is 14.6 Å². The van der Waals surface area contributed by atoms with E-state index in [0.29, 0.717) is 24.6 Å². The number of carbonyl (C=O) groups excluding carboxylic acids is 3. The molecule has 0 atom stereocenters. The van der Waals surface area contributed by atoms with Crippen LogP contribution in [0.4, 0.5) is 33.7 Å². The molecule has 3 amide bonds. The van der Waals surface area contributed by atoms with Gasteiger partial charge in [-0.25, -0.2) is 9.18 Å². The highest BCUT2D eigenvalue weighted by molar-refractivity contribution is 5.93. The Morgan fingerprint density at radius 1 is 1.14 bits per heavy atom. The highest BCUT2D eigenvalue weighted by Crippen LogP contribution is 2.37. The molecule has 1 aromatic carbocycles. The third-order valence-corrected chi connectivity index (χ3v) is 5.27. The molecule has 0 saturated heterocycles. The number of alkyl carbamates (subject to hydrolysis) is 1. The van der Waals surface area contributed by atoms with E-state index in [-0.39, 0.29) is 30.1 Å². The van der Waals surface area contributed by atoms with Gasteiger partial charge in [-0.15, -0.1) is 5.11 Å². The van der Waals surface area contributed by atoms with Crippen LogP contribution in [0.25, 0.3) is 0 Å². The van der Waals surface area contributed by atoms with E-state index in [4.69, 9.17) is 4.74 Å². The Bertz CT molecular complexity index is 1260. The lowest BCUT2D eigenvalue weighted by atomic mass is 10.1. The number of carbonyl (C=O) groups is 3. The van der Waals surface area contributed by atoms with Crippen LogP contribution in [0.15, 0.2) is 58.7 Å². The summed E-state index contributed by atoms with van der Waals surface area (Å²) < 4.78 is 57.8. The Kier molecular flexibility index (Phi) is 6.68. The van der Waals surface area contributed by atoms with Crippen LogP contribution in [0, 0.1) is 5.82 Å². The minimum atomic E-state index is -4.75. The van der Waals surface area contributed by atoms with Crippen molar-refractivity contribution in [2.75, 3.05) is 5.32 Å². The SMILES string of the molecule is O=C1CC(OC(=O)NC2(C(=O)NCc3ccc(Nc4ccc(F)cc4C(F)(F)F)cn3)CC2)=CN=N1. The van der Waals surface area contributed by atoms with Gasteiger partial charge >= 0.3 is 12.3 Å². The highest BCUT2D eigenvalue weighted by Gasteiger charge is 2.51. The Morgan fingerprint density at radius 2 is 1.92 bits per heavy atom. The summed E-state index contributed by atoms with van der Waals surface area (Å²) in [5.74, 6) is -2.05. The van der Waals surface area contributed by atoms with Gasteiger partial charge in [0, 0.05) is 0 Å². The van der Waals surface area contributed by atoms with Crippen molar-refractivity contribution in [1.29, 1.82) is 0 Å². The van der Waals surface area contributed by atoms with Crippen molar-refractivity contribution in [2.45, 2.75) is 37.5 Å². The van der Waals surface area contributed by atoms with Crippen LogP contribution in [0.3, 0.4) is 0 Å². The minimum Gasteiger partial charge on any atom is -0.413 e. The summed E-state index contributed by atoms with van der Waals surface area (Å²) in [6.45, 7) is -0.0119. The van der Waals surface area contributed by atoms with Crippen LogP contribution < -0.4 is 16.0 Å². The highest BCUT2D eigenvalue weighted by atomic mass is 19.4. The number of hydrogen-bond acceptors (Lipinski definition) is 7. The lowest BCUT2D eigenvalue weighted by Gasteiger charge is -2.18. The molecule has 1 aliphatic carbocycles. The Hall–Kier alpha value is -4.36. The number of pyridine rings is 1. The van der Waals surface area contributed by atoms with Crippen LogP contribution in [-0.2, 0) is 27.0 Å². The van der Waals surface area contributed by atoms with E-state index in [0.717, 1.165) is 18.3 Å². The number of amides is 3. The molecule has 0 radical (unpaired) electrons. The molecule has 0 spiro atoms. The molecule has 1 saturated carbocycles. The molecule has 2 aliphatic rings. The van der Waals surface area contributed by atoms with E-state index in [2.05, 4.69) is 31.2 Å². The lowest BCUT2D eigenvalue weighted by Crippen LogP contribution is -2.49. The molecule has 1 aliphatic heterocycles.